The molecule has 2 aromatic rings. The Labute approximate surface area is 104 Å². The molecule has 80 valence electrons. The highest BCUT2D eigenvalue weighted by atomic mass is 35.5. The minimum Gasteiger partial charge on any atom is -0.177 e. The number of rotatable bonds is 2. The summed E-state index contributed by atoms with van der Waals surface area (Å²) in [6.07, 6.45) is 0. The van der Waals surface area contributed by atoms with E-state index in [1.807, 2.05) is 54.6 Å². The van der Waals surface area contributed by atoms with Crippen LogP contribution in [0.1, 0.15) is 11.1 Å². The second-order valence-electron chi connectivity index (χ2n) is 3.31. The van der Waals surface area contributed by atoms with Gasteiger partial charge in [-0.15, -0.1) is 0 Å². The van der Waals surface area contributed by atoms with E-state index in [-0.39, 0.29) is 0 Å². The maximum absolute atomic E-state index is 5.83. The number of hydrogen-bond donors (Lipinski definition) is 0. The summed E-state index contributed by atoms with van der Waals surface area (Å²) >= 11 is 11.5. The number of hydrogen-bond acceptors (Lipinski definition) is 1. The lowest BCUT2D eigenvalue weighted by Gasteiger charge is -2.04. The predicted molar refractivity (Wildman–Crippen MR) is 69.4 cm³/mol. The Bertz CT molecular complexity index is 489. The first-order chi connectivity index (χ1) is 7.81. The second kappa shape index (κ2) is 5.15. The van der Waals surface area contributed by atoms with Crippen molar-refractivity contribution in [2.24, 2.45) is 4.51 Å². The molecule has 0 saturated heterocycles. The molecule has 0 spiro atoms. The SMILES string of the molecule is Cl/N=C(/c1ccccc1)c1ccc(Cl)cc1. The molecule has 0 amide bonds. The third-order valence-electron chi connectivity index (χ3n) is 2.25. The molecule has 0 atom stereocenters. The van der Waals surface area contributed by atoms with Crippen molar-refractivity contribution in [1.82, 2.24) is 0 Å². The zero-order valence-electron chi connectivity index (χ0n) is 8.40. The van der Waals surface area contributed by atoms with Gasteiger partial charge in [-0.05, 0) is 12.1 Å². The maximum Gasteiger partial charge on any atom is 0.0921 e. The van der Waals surface area contributed by atoms with Gasteiger partial charge in [0.2, 0.25) is 0 Å². The fraction of sp³-hybridized carbons (Fsp3) is 0. The topological polar surface area (TPSA) is 12.4 Å². The van der Waals surface area contributed by atoms with Gasteiger partial charge in [0.1, 0.15) is 0 Å². The normalized spacial score (nSPS) is 11.5. The molecule has 1 nitrogen and oxygen atoms in total. The largest absolute Gasteiger partial charge is 0.177 e. The Morgan fingerprint density at radius 1 is 0.812 bits per heavy atom. The summed E-state index contributed by atoms with van der Waals surface area (Å²) in [6.45, 7) is 0. The molecule has 0 aliphatic rings. The molecule has 0 N–H and O–H groups in total. The molecule has 0 unspecified atom stereocenters. The highest BCUT2D eigenvalue weighted by Crippen LogP contribution is 2.15. The zero-order chi connectivity index (χ0) is 11.4. The lowest BCUT2D eigenvalue weighted by atomic mass is 10.0. The van der Waals surface area contributed by atoms with Crippen LogP contribution in [0.2, 0.25) is 5.02 Å². The van der Waals surface area contributed by atoms with E-state index in [1.54, 1.807) is 0 Å². The predicted octanol–water partition coefficient (Wildman–Crippen LogP) is 4.33. The fourth-order valence-electron chi connectivity index (χ4n) is 1.47. The molecule has 2 rings (SSSR count). The molecular weight excluding hydrogens is 241 g/mol. The molecule has 0 fully saturated rings. The van der Waals surface area contributed by atoms with Gasteiger partial charge in [0.25, 0.3) is 0 Å². The van der Waals surface area contributed by atoms with E-state index in [9.17, 15) is 0 Å². The van der Waals surface area contributed by atoms with E-state index in [1.165, 1.54) is 0 Å². The van der Waals surface area contributed by atoms with E-state index in [0.717, 1.165) is 16.8 Å². The van der Waals surface area contributed by atoms with Gasteiger partial charge >= 0.3 is 0 Å². The lowest BCUT2D eigenvalue weighted by molar-refractivity contribution is 1.57. The van der Waals surface area contributed by atoms with Gasteiger partial charge in [-0.25, -0.2) is 0 Å². The first-order valence-electron chi connectivity index (χ1n) is 4.81. The summed E-state index contributed by atoms with van der Waals surface area (Å²) in [6, 6.07) is 17.2. The van der Waals surface area contributed by atoms with Crippen LogP contribution in [0.25, 0.3) is 0 Å². The molecule has 2 aromatic carbocycles. The Hall–Kier alpha value is -1.31. The highest BCUT2D eigenvalue weighted by molar-refractivity contribution is 6.31. The van der Waals surface area contributed by atoms with E-state index >= 15 is 0 Å². The van der Waals surface area contributed by atoms with Gasteiger partial charge in [-0.2, -0.15) is 4.51 Å². The van der Waals surface area contributed by atoms with Crippen LogP contribution in [0.3, 0.4) is 0 Å². The monoisotopic (exact) mass is 249 g/mol. The third kappa shape index (κ3) is 2.43. The van der Waals surface area contributed by atoms with Crippen molar-refractivity contribution in [3.05, 3.63) is 70.7 Å². The summed E-state index contributed by atoms with van der Waals surface area (Å²) in [5, 5.41) is 0.700. The maximum atomic E-state index is 5.83. The van der Waals surface area contributed by atoms with E-state index in [4.69, 9.17) is 23.4 Å². The summed E-state index contributed by atoms with van der Waals surface area (Å²) in [5.74, 6) is 0. The smallest absolute Gasteiger partial charge is 0.0921 e. The summed E-state index contributed by atoms with van der Waals surface area (Å²) in [5.41, 5.74) is 2.68. The van der Waals surface area contributed by atoms with Crippen LogP contribution in [0.15, 0.2) is 59.1 Å². The van der Waals surface area contributed by atoms with E-state index < -0.39 is 0 Å². The Morgan fingerprint density at radius 2 is 1.38 bits per heavy atom. The van der Waals surface area contributed by atoms with Crippen molar-refractivity contribution in [2.75, 3.05) is 0 Å². The Morgan fingerprint density at radius 3 is 1.94 bits per heavy atom. The average molecular weight is 250 g/mol. The first-order valence-corrected chi connectivity index (χ1v) is 5.53. The van der Waals surface area contributed by atoms with Gasteiger partial charge in [0.15, 0.2) is 0 Å². The average Bonchev–Trinajstić information content (AvgIpc) is 2.34. The van der Waals surface area contributed by atoms with Crippen molar-refractivity contribution in [3.8, 4) is 0 Å². The van der Waals surface area contributed by atoms with Crippen molar-refractivity contribution in [2.45, 2.75) is 0 Å². The summed E-state index contributed by atoms with van der Waals surface area (Å²) in [4.78, 5) is 0. The van der Waals surface area contributed by atoms with Crippen LogP contribution in [-0.4, -0.2) is 5.71 Å². The van der Waals surface area contributed by atoms with E-state index in [0.29, 0.717) is 5.02 Å². The summed E-state index contributed by atoms with van der Waals surface area (Å²) in [7, 11) is 0. The quantitative estimate of drug-likeness (QED) is 0.703. The molecule has 0 saturated carbocycles. The van der Waals surface area contributed by atoms with Crippen molar-refractivity contribution >= 4 is 29.1 Å². The van der Waals surface area contributed by atoms with Crippen LogP contribution in [-0.2, 0) is 0 Å². The van der Waals surface area contributed by atoms with Crippen LogP contribution < -0.4 is 0 Å². The molecule has 3 heteroatoms. The molecular formula is C13H9Cl2N. The van der Waals surface area contributed by atoms with Crippen LogP contribution in [0.4, 0.5) is 0 Å². The molecule has 0 heterocycles. The second-order valence-corrected chi connectivity index (χ2v) is 3.91. The van der Waals surface area contributed by atoms with Crippen LogP contribution in [0, 0.1) is 0 Å². The summed E-state index contributed by atoms with van der Waals surface area (Å²) < 4.78 is 3.80. The van der Waals surface area contributed by atoms with Crippen molar-refractivity contribution in [3.63, 3.8) is 0 Å². The minimum absolute atomic E-state index is 0.700. The molecule has 0 aliphatic carbocycles. The van der Waals surface area contributed by atoms with Gasteiger partial charge < -0.3 is 0 Å². The van der Waals surface area contributed by atoms with Gasteiger partial charge in [0.05, 0.1) is 5.71 Å². The third-order valence-corrected chi connectivity index (χ3v) is 2.67. The molecule has 0 bridgehead atoms. The Balaban J connectivity index is 2.42. The minimum atomic E-state index is 0.700. The molecule has 0 radical (unpaired) electrons. The zero-order valence-corrected chi connectivity index (χ0v) is 9.91. The van der Waals surface area contributed by atoms with Gasteiger partial charge in [0, 0.05) is 27.9 Å². The first kappa shape index (κ1) is 11.2. The molecule has 0 aromatic heterocycles. The van der Waals surface area contributed by atoms with Gasteiger partial charge in [-0.1, -0.05) is 54.1 Å². The van der Waals surface area contributed by atoms with Crippen molar-refractivity contribution < 1.29 is 0 Å². The number of benzene rings is 2. The molecule has 0 aliphatic heterocycles. The van der Waals surface area contributed by atoms with E-state index in [2.05, 4.69) is 4.51 Å². The van der Waals surface area contributed by atoms with Crippen LogP contribution in [0.5, 0.6) is 0 Å². The highest BCUT2D eigenvalue weighted by Gasteiger charge is 2.05. The van der Waals surface area contributed by atoms with Crippen molar-refractivity contribution in [1.29, 1.82) is 0 Å². The lowest BCUT2D eigenvalue weighted by Crippen LogP contribution is -2.01. The standard InChI is InChI=1S/C13H9Cl2N/c14-12-8-6-11(7-9-12)13(16-15)10-4-2-1-3-5-10/h1-9H/b16-13-. The molecule has 16 heavy (non-hydrogen) atoms. The fourth-order valence-corrected chi connectivity index (χ4v) is 1.79. The van der Waals surface area contributed by atoms with Crippen LogP contribution >= 0.6 is 23.4 Å². The number of nitrogens with zero attached hydrogens (tertiary/aromatic N) is 1. The number of halogens is 2. The Kier molecular flexibility index (Phi) is 3.60. The van der Waals surface area contributed by atoms with Gasteiger partial charge in [-0.3, -0.25) is 0 Å².